The van der Waals surface area contributed by atoms with E-state index in [0.29, 0.717) is 37.9 Å². The minimum atomic E-state index is 0.0783. The van der Waals surface area contributed by atoms with Crippen molar-refractivity contribution in [3.63, 3.8) is 0 Å². The van der Waals surface area contributed by atoms with Crippen LogP contribution in [-0.4, -0.2) is 58.3 Å². The van der Waals surface area contributed by atoms with Gasteiger partial charge in [-0.1, -0.05) is 12.1 Å². The van der Waals surface area contributed by atoms with E-state index in [2.05, 4.69) is 20.5 Å². The largest absolute Gasteiger partial charge is 0.489 e. The first-order valence-electron chi connectivity index (χ1n) is 8.76. The first-order valence-corrected chi connectivity index (χ1v) is 8.76. The topological polar surface area (TPSA) is 83.5 Å². The van der Waals surface area contributed by atoms with Crippen molar-refractivity contribution in [2.24, 2.45) is 0 Å². The highest BCUT2D eigenvalue weighted by atomic mass is 16.5. The number of anilines is 3. The minimum absolute atomic E-state index is 0.0783. The second kappa shape index (κ2) is 7.99. The average Bonchev–Trinajstić information content (AvgIpc) is 2.63. The molecule has 1 aromatic carbocycles. The molecule has 0 bridgehead atoms. The van der Waals surface area contributed by atoms with Gasteiger partial charge in [-0.15, -0.1) is 5.10 Å². The Labute approximate surface area is 153 Å². The van der Waals surface area contributed by atoms with Gasteiger partial charge in [-0.2, -0.15) is 10.1 Å². The van der Waals surface area contributed by atoms with Crippen molar-refractivity contribution in [3.05, 3.63) is 30.5 Å². The zero-order chi connectivity index (χ0) is 18.5. The van der Waals surface area contributed by atoms with Crippen molar-refractivity contribution in [1.29, 1.82) is 0 Å². The molecule has 1 aliphatic rings. The normalized spacial score (nSPS) is 14.5. The zero-order valence-electron chi connectivity index (χ0n) is 15.3. The lowest BCUT2D eigenvalue weighted by Gasteiger charge is -2.33. The Morgan fingerprint density at radius 3 is 2.62 bits per heavy atom. The van der Waals surface area contributed by atoms with Crippen LogP contribution in [0.2, 0.25) is 0 Å². The maximum absolute atomic E-state index is 11.4. The van der Waals surface area contributed by atoms with Gasteiger partial charge in [0.05, 0.1) is 18.0 Å². The van der Waals surface area contributed by atoms with E-state index in [-0.39, 0.29) is 12.0 Å². The fourth-order valence-electron chi connectivity index (χ4n) is 2.77. The van der Waals surface area contributed by atoms with Crippen molar-refractivity contribution in [2.75, 3.05) is 36.4 Å². The molecule has 2 aromatic rings. The molecule has 0 atom stereocenters. The summed E-state index contributed by atoms with van der Waals surface area (Å²) < 4.78 is 5.82. The summed E-state index contributed by atoms with van der Waals surface area (Å²) in [6, 6.07) is 7.72. The number of benzene rings is 1. The monoisotopic (exact) mass is 356 g/mol. The molecule has 26 heavy (non-hydrogen) atoms. The number of carbonyl (C=O) groups excluding carboxylic acids is 1. The summed E-state index contributed by atoms with van der Waals surface area (Å²) in [5.74, 6) is 2.02. The molecule has 8 nitrogen and oxygen atoms in total. The SMILES string of the molecule is CC(=O)N1CCN(c2nncc(Nc3ccccc3OC(C)C)n2)CC1. The molecule has 0 saturated carbocycles. The Hall–Kier alpha value is -2.90. The van der Waals surface area contributed by atoms with Gasteiger partial charge in [0.25, 0.3) is 0 Å². The molecule has 138 valence electrons. The molecule has 1 fully saturated rings. The van der Waals surface area contributed by atoms with E-state index in [1.807, 2.05) is 47.9 Å². The highest BCUT2D eigenvalue weighted by Crippen LogP contribution is 2.27. The average molecular weight is 356 g/mol. The first-order chi connectivity index (χ1) is 12.5. The Morgan fingerprint density at radius 2 is 1.92 bits per heavy atom. The molecular weight excluding hydrogens is 332 g/mol. The fourth-order valence-corrected chi connectivity index (χ4v) is 2.77. The number of nitrogens with zero attached hydrogens (tertiary/aromatic N) is 5. The van der Waals surface area contributed by atoms with Crippen LogP contribution >= 0.6 is 0 Å². The lowest BCUT2D eigenvalue weighted by molar-refractivity contribution is -0.129. The van der Waals surface area contributed by atoms with Gasteiger partial charge in [-0.05, 0) is 26.0 Å². The predicted octanol–water partition coefficient (Wildman–Crippen LogP) is 2.07. The van der Waals surface area contributed by atoms with Gasteiger partial charge >= 0.3 is 0 Å². The van der Waals surface area contributed by atoms with E-state index in [0.717, 1.165) is 11.4 Å². The summed E-state index contributed by atoms with van der Waals surface area (Å²) in [6.07, 6.45) is 1.66. The molecule has 0 radical (unpaired) electrons. The molecule has 1 amide bonds. The van der Waals surface area contributed by atoms with Crippen molar-refractivity contribution < 1.29 is 9.53 Å². The van der Waals surface area contributed by atoms with Gasteiger partial charge in [0.15, 0.2) is 5.82 Å². The van der Waals surface area contributed by atoms with Gasteiger partial charge in [0.1, 0.15) is 5.75 Å². The minimum Gasteiger partial charge on any atom is -0.489 e. The second-order valence-corrected chi connectivity index (χ2v) is 6.42. The number of ether oxygens (including phenoxy) is 1. The number of hydrogen-bond acceptors (Lipinski definition) is 7. The molecule has 1 aliphatic heterocycles. The number of amides is 1. The summed E-state index contributed by atoms with van der Waals surface area (Å²) in [5.41, 5.74) is 0.828. The van der Waals surface area contributed by atoms with Gasteiger partial charge in [-0.25, -0.2) is 0 Å². The van der Waals surface area contributed by atoms with Crippen LogP contribution in [0.3, 0.4) is 0 Å². The zero-order valence-corrected chi connectivity index (χ0v) is 15.3. The summed E-state index contributed by atoms with van der Waals surface area (Å²) in [7, 11) is 0. The Kier molecular flexibility index (Phi) is 5.50. The molecule has 8 heteroatoms. The van der Waals surface area contributed by atoms with E-state index in [1.165, 1.54) is 0 Å². The van der Waals surface area contributed by atoms with Crippen molar-refractivity contribution in [1.82, 2.24) is 20.1 Å². The van der Waals surface area contributed by atoms with E-state index < -0.39 is 0 Å². The summed E-state index contributed by atoms with van der Waals surface area (Å²) in [4.78, 5) is 19.9. The molecular formula is C18H24N6O2. The number of nitrogens with one attached hydrogen (secondary N) is 1. The van der Waals surface area contributed by atoms with Crippen LogP contribution in [0.25, 0.3) is 0 Å². The molecule has 3 rings (SSSR count). The van der Waals surface area contributed by atoms with Crippen molar-refractivity contribution in [2.45, 2.75) is 26.9 Å². The highest BCUT2D eigenvalue weighted by Gasteiger charge is 2.21. The number of piperazine rings is 1. The molecule has 2 heterocycles. The van der Waals surface area contributed by atoms with Gasteiger partial charge in [0, 0.05) is 33.1 Å². The molecule has 1 N–H and O–H groups in total. The standard InChI is InChI=1S/C18H24N6O2/c1-13(2)26-16-7-5-4-6-15(16)20-17-12-19-22-18(21-17)24-10-8-23(9-11-24)14(3)25/h4-7,12-13H,8-11H2,1-3H3,(H,20,21,22). The molecule has 0 unspecified atom stereocenters. The van der Waals surface area contributed by atoms with Crippen LogP contribution in [0.5, 0.6) is 5.75 Å². The van der Waals surface area contributed by atoms with Crippen LogP contribution in [0.15, 0.2) is 30.5 Å². The Balaban J connectivity index is 1.72. The highest BCUT2D eigenvalue weighted by molar-refractivity contribution is 5.73. The molecule has 1 aromatic heterocycles. The number of rotatable bonds is 5. The maximum atomic E-state index is 11.4. The molecule has 1 saturated heterocycles. The number of aromatic nitrogens is 3. The van der Waals surface area contributed by atoms with E-state index >= 15 is 0 Å². The Bertz CT molecular complexity index is 759. The van der Waals surface area contributed by atoms with Crippen LogP contribution in [0.4, 0.5) is 17.5 Å². The van der Waals surface area contributed by atoms with Crippen molar-refractivity contribution >= 4 is 23.4 Å². The third-order valence-corrected chi connectivity index (χ3v) is 4.07. The number of hydrogen-bond donors (Lipinski definition) is 1. The van der Waals surface area contributed by atoms with Gasteiger partial charge in [-0.3, -0.25) is 4.79 Å². The third kappa shape index (κ3) is 4.38. The van der Waals surface area contributed by atoms with E-state index in [9.17, 15) is 4.79 Å². The van der Waals surface area contributed by atoms with Gasteiger partial charge < -0.3 is 19.9 Å². The number of para-hydroxylation sites is 2. The van der Waals surface area contributed by atoms with Gasteiger partial charge in [0.2, 0.25) is 11.9 Å². The lowest BCUT2D eigenvalue weighted by atomic mass is 10.3. The quantitative estimate of drug-likeness (QED) is 0.878. The van der Waals surface area contributed by atoms with Crippen molar-refractivity contribution in [3.8, 4) is 5.75 Å². The second-order valence-electron chi connectivity index (χ2n) is 6.42. The van der Waals surface area contributed by atoms with E-state index in [4.69, 9.17) is 4.74 Å². The molecule has 0 spiro atoms. The first kappa shape index (κ1) is 17.9. The summed E-state index contributed by atoms with van der Waals surface area (Å²) >= 11 is 0. The van der Waals surface area contributed by atoms with Crippen LogP contribution in [-0.2, 0) is 4.79 Å². The smallest absolute Gasteiger partial charge is 0.247 e. The number of carbonyl (C=O) groups is 1. The third-order valence-electron chi connectivity index (χ3n) is 4.07. The van der Waals surface area contributed by atoms with E-state index in [1.54, 1.807) is 13.1 Å². The fraction of sp³-hybridized carbons (Fsp3) is 0.444. The summed E-state index contributed by atoms with van der Waals surface area (Å²) in [5, 5.41) is 11.5. The molecule has 0 aliphatic carbocycles. The van der Waals surface area contributed by atoms with Crippen LogP contribution < -0.4 is 15.0 Å². The van der Waals surface area contributed by atoms with Crippen LogP contribution in [0, 0.1) is 0 Å². The lowest BCUT2D eigenvalue weighted by Crippen LogP contribution is -2.48. The summed E-state index contributed by atoms with van der Waals surface area (Å²) in [6.45, 7) is 8.29. The van der Waals surface area contributed by atoms with Crippen LogP contribution in [0.1, 0.15) is 20.8 Å². The predicted molar refractivity (Wildman–Crippen MR) is 99.8 cm³/mol. The maximum Gasteiger partial charge on any atom is 0.247 e. The Morgan fingerprint density at radius 1 is 1.19 bits per heavy atom.